The number of H-pyrrole nitrogens is 1. The molecule has 41 heavy (non-hydrogen) atoms. The summed E-state index contributed by atoms with van der Waals surface area (Å²) in [6.45, 7) is 1.06. The number of pyridine rings is 1. The number of benzene rings is 2. The van der Waals surface area contributed by atoms with E-state index in [1.54, 1.807) is 19.2 Å². The van der Waals surface area contributed by atoms with Crippen molar-refractivity contribution >= 4 is 44.5 Å². The number of rotatable bonds is 7. The number of thiophene rings is 1. The highest BCUT2D eigenvalue weighted by Gasteiger charge is 2.22. The molecule has 1 saturated heterocycles. The fourth-order valence-corrected chi connectivity index (χ4v) is 6.05. The highest BCUT2D eigenvalue weighted by atomic mass is 32.1. The summed E-state index contributed by atoms with van der Waals surface area (Å²) in [4.78, 5) is 32.8. The molecule has 1 amide bonds. The maximum atomic E-state index is 14.8. The van der Waals surface area contributed by atoms with Crippen LogP contribution in [0.4, 0.5) is 21.6 Å². The number of aromatic amines is 1. The van der Waals surface area contributed by atoms with Crippen LogP contribution in [0.2, 0.25) is 0 Å². The first kappa shape index (κ1) is 26.6. The van der Waals surface area contributed by atoms with Gasteiger partial charge in [0.1, 0.15) is 23.1 Å². The predicted molar refractivity (Wildman–Crippen MR) is 159 cm³/mol. The first-order chi connectivity index (χ1) is 19.9. The zero-order valence-corrected chi connectivity index (χ0v) is 23.2. The summed E-state index contributed by atoms with van der Waals surface area (Å²) in [7, 11) is 3.68. The van der Waals surface area contributed by atoms with Crippen LogP contribution in [0.1, 0.15) is 34.1 Å². The van der Waals surface area contributed by atoms with Gasteiger partial charge >= 0.3 is 0 Å². The molecule has 1 aliphatic rings. The summed E-state index contributed by atoms with van der Waals surface area (Å²) in [5, 5.41) is 13.1. The molecule has 9 nitrogen and oxygen atoms in total. The number of ether oxygens (including phenoxy) is 1. The van der Waals surface area contributed by atoms with Gasteiger partial charge in [0.2, 0.25) is 0 Å². The lowest BCUT2D eigenvalue weighted by Crippen LogP contribution is -2.17. The van der Waals surface area contributed by atoms with E-state index in [4.69, 9.17) is 4.74 Å². The average molecular weight is 571 g/mol. The SMILES string of the molecule is COc1cccc2sc(C(=O)Nc3cc(-c4cc(Nc5ccc(C6CCCN6C)cn5)c(=O)[nH]n4)ccc3F)cc12. The van der Waals surface area contributed by atoms with Crippen molar-refractivity contribution in [2.45, 2.75) is 18.9 Å². The van der Waals surface area contributed by atoms with E-state index in [1.807, 2.05) is 36.5 Å². The van der Waals surface area contributed by atoms with Crippen molar-refractivity contribution in [1.29, 1.82) is 0 Å². The van der Waals surface area contributed by atoms with Crippen LogP contribution in [-0.2, 0) is 0 Å². The first-order valence-electron chi connectivity index (χ1n) is 13.1. The van der Waals surface area contributed by atoms with Crippen molar-refractivity contribution in [3.8, 4) is 17.0 Å². The molecule has 0 radical (unpaired) electrons. The number of carbonyl (C=O) groups is 1. The van der Waals surface area contributed by atoms with Gasteiger partial charge in [0.05, 0.1) is 23.4 Å². The number of hydrogen-bond donors (Lipinski definition) is 3. The molecule has 2 aromatic carbocycles. The third-order valence-electron chi connectivity index (χ3n) is 7.23. The molecule has 0 bridgehead atoms. The summed E-state index contributed by atoms with van der Waals surface area (Å²) < 4.78 is 21.0. The van der Waals surface area contributed by atoms with Gasteiger partial charge in [0.15, 0.2) is 0 Å². The number of hydrogen-bond acceptors (Lipinski definition) is 8. The summed E-state index contributed by atoms with van der Waals surface area (Å²) in [6, 6.07) is 17.3. The van der Waals surface area contributed by atoms with E-state index in [2.05, 4.69) is 37.8 Å². The quantitative estimate of drug-likeness (QED) is 0.221. The molecular formula is C30H27FN6O3S. The van der Waals surface area contributed by atoms with E-state index in [9.17, 15) is 14.0 Å². The van der Waals surface area contributed by atoms with Crippen molar-refractivity contribution in [2.75, 3.05) is 31.3 Å². The smallest absolute Gasteiger partial charge is 0.287 e. The second-order valence-corrected chi connectivity index (χ2v) is 11.0. The molecule has 0 aliphatic carbocycles. The second kappa shape index (κ2) is 11.1. The minimum absolute atomic E-state index is 0.00596. The minimum atomic E-state index is -0.597. The topological polar surface area (TPSA) is 112 Å². The Kier molecular flexibility index (Phi) is 7.21. The normalized spacial score (nSPS) is 15.2. The zero-order valence-electron chi connectivity index (χ0n) is 22.4. The van der Waals surface area contributed by atoms with Gasteiger partial charge in [0, 0.05) is 27.9 Å². The zero-order chi connectivity index (χ0) is 28.5. The number of amides is 1. The number of halogens is 1. The van der Waals surface area contributed by atoms with E-state index in [0.29, 0.717) is 33.7 Å². The maximum Gasteiger partial charge on any atom is 0.287 e. The fourth-order valence-electron chi connectivity index (χ4n) is 5.08. The van der Waals surface area contributed by atoms with E-state index in [1.165, 1.54) is 29.5 Å². The molecule has 1 unspecified atom stereocenters. The van der Waals surface area contributed by atoms with E-state index >= 15 is 0 Å². The highest BCUT2D eigenvalue weighted by molar-refractivity contribution is 7.21. The van der Waals surface area contributed by atoms with Crippen LogP contribution in [0.5, 0.6) is 5.75 Å². The number of anilines is 3. The number of nitrogens with zero attached hydrogens (tertiary/aromatic N) is 3. The van der Waals surface area contributed by atoms with E-state index in [0.717, 1.165) is 35.0 Å². The van der Waals surface area contributed by atoms with Crippen LogP contribution in [0.25, 0.3) is 21.3 Å². The van der Waals surface area contributed by atoms with Gasteiger partial charge in [-0.15, -0.1) is 11.3 Å². The summed E-state index contributed by atoms with van der Waals surface area (Å²) in [6.07, 6.45) is 4.08. The monoisotopic (exact) mass is 570 g/mol. The summed E-state index contributed by atoms with van der Waals surface area (Å²) in [5.74, 6) is 0.135. The Labute approximate surface area is 239 Å². The van der Waals surface area contributed by atoms with Crippen molar-refractivity contribution in [2.24, 2.45) is 0 Å². The molecule has 4 heterocycles. The Bertz CT molecular complexity index is 1800. The van der Waals surface area contributed by atoms with Gasteiger partial charge in [-0.05, 0) is 80.5 Å². The molecular weight excluding hydrogens is 543 g/mol. The number of methoxy groups -OCH3 is 1. The van der Waals surface area contributed by atoms with Crippen LogP contribution in [-0.4, -0.2) is 46.7 Å². The second-order valence-electron chi connectivity index (χ2n) is 9.87. The van der Waals surface area contributed by atoms with E-state index < -0.39 is 17.3 Å². The number of likely N-dealkylation sites (tertiary alicyclic amines) is 1. The van der Waals surface area contributed by atoms with Gasteiger partial charge in [0.25, 0.3) is 11.5 Å². The van der Waals surface area contributed by atoms with Gasteiger partial charge in [-0.25, -0.2) is 14.5 Å². The molecule has 3 aromatic heterocycles. The van der Waals surface area contributed by atoms with Crippen LogP contribution in [0, 0.1) is 5.82 Å². The van der Waals surface area contributed by atoms with Crippen molar-refractivity contribution in [1.82, 2.24) is 20.1 Å². The molecule has 5 aromatic rings. The fraction of sp³-hybridized carbons (Fsp3) is 0.200. The van der Waals surface area contributed by atoms with Gasteiger partial charge in [-0.1, -0.05) is 12.1 Å². The van der Waals surface area contributed by atoms with Crippen LogP contribution in [0.15, 0.2) is 71.7 Å². The Morgan fingerprint density at radius 2 is 2.02 bits per heavy atom. The third-order valence-corrected chi connectivity index (χ3v) is 8.33. The number of aromatic nitrogens is 3. The number of carbonyl (C=O) groups excluding carboxylic acids is 1. The van der Waals surface area contributed by atoms with E-state index in [-0.39, 0.29) is 11.4 Å². The molecule has 0 saturated carbocycles. The van der Waals surface area contributed by atoms with Crippen LogP contribution in [0.3, 0.4) is 0 Å². The minimum Gasteiger partial charge on any atom is -0.496 e. The molecule has 11 heteroatoms. The van der Waals surface area contributed by atoms with Crippen molar-refractivity contribution in [3.63, 3.8) is 0 Å². The predicted octanol–water partition coefficient (Wildman–Crippen LogP) is 5.96. The molecule has 1 fully saturated rings. The van der Waals surface area contributed by atoms with Crippen LogP contribution < -0.4 is 20.9 Å². The lowest BCUT2D eigenvalue weighted by Gasteiger charge is -2.19. The third kappa shape index (κ3) is 5.41. The lowest BCUT2D eigenvalue weighted by atomic mass is 10.1. The Hall–Kier alpha value is -4.61. The first-order valence-corrected chi connectivity index (χ1v) is 13.9. The van der Waals surface area contributed by atoms with Gasteiger partial charge in [-0.3, -0.25) is 14.5 Å². The number of nitrogens with one attached hydrogen (secondary N) is 3. The molecule has 208 valence electrons. The maximum absolute atomic E-state index is 14.8. The molecule has 0 spiro atoms. The highest BCUT2D eigenvalue weighted by Crippen LogP contribution is 2.34. The molecule has 6 rings (SSSR count). The average Bonchev–Trinajstić information content (AvgIpc) is 3.62. The Morgan fingerprint density at radius 3 is 2.78 bits per heavy atom. The molecule has 3 N–H and O–H groups in total. The van der Waals surface area contributed by atoms with Gasteiger partial charge < -0.3 is 15.4 Å². The summed E-state index contributed by atoms with van der Waals surface area (Å²) in [5.41, 5.74) is 1.84. The standard InChI is InChI=1S/C30H27FN6O3S/c1-37-12-4-5-24(37)18-9-11-28(32-16-18)33-23-15-21(35-36-29(23)38)17-8-10-20(31)22(13-17)34-30(39)27-14-19-25(40-2)6-3-7-26(19)41-27/h3,6-11,13-16,24H,4-5,12H2,1-2H3,(H,34,39)(H,36,38)(H,32,33,35). The molecule has 1 atom stereocenters. The van der Waals surface area contributed by atoms with Crippen molar-refractivity contribution < 1.29 is 13.9 Å². The van der Waals surface area contributed by atoms with Gasteiger partial charge in [-0.2, -0.15) is 5.10 Å². The lowest BCUT2D eigenvalue weighted by molar-refractivity contribution is 0.103. The Morgan fingerprint density at radius 1 is 1.15 bits per heavy atom. The Balaban J connectivity index is 1.22. The van der Waals surface area contributed by atoms with Crippen molar-refractivity contribution in [3.05, 3.63) is 93.5 Å². The van der Waals surface area contributed by atoms with Crippen LogP contribution >= 0.6 is 11.3 Å². The summed E-state index contributed by atoms with van der Waals surface area (Å²) >= 11 is 1.29. The number of fused-ring (bicyclic) bond motifs is 1. The molecule has 1 aliphatic heterocycles. The largest absolute Gasteiger partial charge is 0.496 e.